The summed E-state index contributed by atoms with van der Waals surface area (Å²) in [7, 11) is 0. The smallest absolute Gasteiger partial charge is 0.344 e. The van der Waals surface area contributed by atoms with Crippen LogP contribution in [-0.2, 0) is 4.79 Å². The van der Waals surface area contributed by atoms with Crippen molar-refractivity contribution >= 4 is 29.2 Å². The molecule has 0 fully saturated rings. The summed E-state index contributed by atoms with van der Waals surface area (Å²) in [6.07, 6.45) is 0.203. The standard InChI is InChI=1S/C7H6Cl2N2O3/c1-3(6(12)13)14-4-2-10-7(9)11-5(4)8/h2-3H,1H3,(H,12,13). The second-order valence-corrected chi connectivity index (χ2v) is 3.09. The fourth-order valence-electron chi connectivity index (χ4n) is 0.650. The fraction of sp³-hybridized carbons (Fsp3) is 0.286. The van der Waals surface area contributed by atoms with Crippen LogP contribution in [0.2, 0.25) is 10.4 Å². The van der Waals surface area contributed by atoms with Gasteiger partial charge in [-0.2, -0.15) is 0 Å². The van der Waals surface area contributed by atoms with Gasteiger partial charge in [0.2, 0.25) is 5.28 Å². The molecule has 0 saturated heterocycles. The minimum Gasteiger partial charge on any atom is -0.479 e. The fourth-order valence-corrected chi connectivity index (χ4v) is 1.000. The lowest BCUT2D eigenvalue weighted by Crippen LogP contribution is -2.23. The van der Waals surface area contributed by atoms with E-state index in [0.717, 1.165) is 0 Å². The highest BCUT2D eigenvalue weighted by Gasteiger charge is 2.15. The molecular weight excluding hydrogens is 231 g/mol. The summed E-state index contributed by atoms with van der Waals surface area (Å²) in [6, 6.07) is 0. The van der Waals surface area contributed by atoms with Crippen molar-refractivity contribution in [3.05, 3.63) is 16.6 Å². The second-order valence-electron chi connectivity index (χ2n) is 2.39. The molecule has 76 valence electrons. The summed E-state index contributed by atoms with van der Waals surface area (Å²) >= 11 is 11.1. The topological polar surface area (TPSA) is 72.3 Å². The van der Waals surface area contributed by atoms with Crippen LogP contribution in [0.1, 0.15) is 6.92 Å². The zero-order valence-corrected chi connectivity index (χ0v) is 8.58. The molecule has 1 atom stereocenters. The molecule has 1 aromatic rings. The summed E-state index contributed by atoms with van der Waals surface area (Å²) in [5.41, 5.74) is 0. The highest BCUT2D eigenvalue weighted by molar-refractivity contribution is 6.32. The Morgan fingerprint density at radius 1 is 1.64 bits per heavy atom. The van der Waals surface area contributed by atoms with E-state index in [1.807, 2.05) is 0 Å². The van der Waals surface area contributed by atoms with E-state index in [4.69, 9.17) is 33.0 Å². The molecular formula is C7H6Cl2N2O3. The van der Waals surface area contributed by atoms with Crippen LogP contribution in [-0.4, -0.2) is 27.1 Å². The molecule has 0 saturated carbocycles. The predicted molar refractivity (Wildman–Crippen MR) is 49.8 cm³/mol. The highest BCUT2D eigenvalue weighted by Crippen LogP contribution is 2.22. The number of aliphatic carboxylic acids is 1. The van der Waals surface area contributed by atoms with E-state index >= 15 is 0 Å². The van der Waals surface area contributed by atoms with Gasteiger partial charge in [-0.25, -0.2) is 14.8 Å². The third-order valence-corrected chi connectivity index (χ3v) is 1.79. The molecule has 0 aliphatic carbocycles. The van der Waals surface area contributed by atoms with Gasteiger partial charge < -0.3 is 9.84 Å². The van der Waals surface area contributed by atoms with Gasteiger partial charge in [0.25, 0.3) is 0 Å². The number of aromatic nitrogens is 2. The number of nitrogens with zero attached hydrogens (tertiary/aromatic N) is 2. The van der Waals surface area contributed by atoms with Crippen molar-refractivity contribution in [2.45, 2.75) is 13.0 Å². The number of halogens is 2. The zero-order chi connectivity index (χ0) is 10.7. The number of carbonyl (C=O) groups is 1. The van der Waals surface area contributed by atoms with Gasteiger partial charge >= 0.3 is 5.97 Å². The third kappa shape index (κ3) is 2.71. The average molecular weight is 237 g/mol. The van der Waals surface area contributed by atoms with Crippen molar-refractivity contribution in [1.82, 2.24) is 9.97 Å². The minimum absolute atomic E-state index is 0.0156. The molecule has 1 heterocycles. The van der Waals surface area contributed by atoms with E-state index in [9.17, 15) is 4.79 Å². The van der Waals surface area contributed by atoms with Crippen molar-refractivity contribution in [3.63, 3.8) is 0 Å². The maximum Gasteiger partial charge on any atom is 0.344 e. The van der Waals surface area contributed by atoms with Gasteiger partial charge in [-0.15, -0.1) is 0 Å². The zero-order valence-electron chi connectivity index (χ0n) is 7.07. The molecule has 1 aromatic heterocycles. The molecule has 0 radical (unpaired) electrons. The quantitative estimate of drug-likeness (QED) is 0.638. The molecule has 5 nitrogen and oxygen atoms in total. The van der Waals surface area contributed by atoms with Crippen LogP contribution in [0.5, 0.6) is 5.75 Å². The van der Waals surface area contributed by atoms with Gasteiger partial charge in [0.05, 0.1) is 6.20 Å². The normalized spacial score (nSPS) is 12.2. The number of hydrogen-bond donors (Lipinski definition) is 1. The Labute approximate surface area is 89.6 Å². The number of rotatable bonds is 3. The maximum absolute atomic E-state index is 10.4. The molecule has 7 heteroatoms. The number of hydrogen-bond acceptors (Lipinski definition) is 4. The van der Waals surface area contributed by atoms with Crippen LogP contribution in [0.4, 0.5) is 0 Å². The lowest BCUT2D eigenvalue weighted by molar-refractivity contribution is -0.144. The van der Waals surface area contributed by atoms with Crippen LogP contribution in [0, 0.1) is 0 Å². The third-order valence-electron chi connectivity index (χ3n) is 1.33. The van der Waals surface area contributed by atoms with Crippen molar-refractivity contribution < 1.29 is 14.6 Å². The first kappa shape index (κ1) is 11.0. The summed E-state index contributed by atoms with van der Waals surface area (Å²) in [5.74, 6) is -1.01. The van der Waals surface area contributed by atoms with Gasteiger partial charge in [0.15, 0.2) is 17.0 Å². The van der Waals surface area contributed by atoms with Crippen LogP contribution in [0.15, 0.2) is 6.20 Å². The molecule has 0 aliphatic rings. The largest absolute Gasteiger partial charge is 0.479 e. The van der Waals surface area contributed by atoms with Gasteiger partial charge in [-0.3, -0.25) is 0 Å². The van der Waals surface area contributed by atoms with E-state index in [0.29, 0.717) is 0 Å². The molecule has 0 bridgehead atoms. The first-order valence-electron chi connectivity index (χ1n) is 3.58. The molecule has 0 spiro atoms. The van der Waals surface area contributed by atoms with Crippen LogP contribution in [0.3, 0.4) is 0 Å². The Hall–Kier alpha value is -1.07. The lowest BCUT2D eigenvalue weighted by atomic mass is 10.4. The minimum atomic E-state index is -1.10. The molecule has 1 unspecified atom stereocenters. The Balaban J connectivity index is 2.82. The van der Waals surface area contributed by atoms with E-state index in [1.54, 1.807) is 0 Å². The molecule has 0 aromatic carbocycles. The maximum atomic E-state index is 10.4. The lowest BCUT2D eigenvalue weighted by Gasteiger charge is -2.10. The Morgan fingerprint density at radius 3 is 2.79 bits per heavy atom. The van der Waals surface area contributed by atoms with E-state index in [2.05, 4.69) is 9.97 Å². The van der Waals surface area contributed by atoms with Gasteiger partial charge in [-0.05, 0) is 18.5 Å². The predicted octanol–water partition coefficient (Wildman–Crippen LogP) is 1.64. The average Bonchev–Trinajstić information content (AvgIpc) is 2.09. The van der Waals surface area contributed by atoms with Crippen LogP contribution in [0.25, 0.3) is 0 Å². The van der Waals surface area contributed by atoms with Gasteiger partial charge in [0.1, 0.15) is 0 Å². The van der Waals surface area contributed by atoms with Crippen molar-refractivity contribution in [3.8, 4) is 5.75 Å². The molecule has 0 amide bonds. The Bertz CT molecular complexity index is 359. The second kappa shape index (κ2) is 4.43. The van der Waals surface area contributed by atoms with Crippen molar-refractivity contribution in [1.29, 1.82) is 0 Å². The monoisotopic (exact) mass is 236 g/mol. The van der Waals surface area contributed by atoms with E-state index in [1.165, 1.54) is 13.1 Å². The number of carboxylic acids is 1. The van der Waals surface area contributed by atoms with Crippen LogP contribution >= 0.6 is 23.2 Å². The van der Waals surface area contributed by atoms with Gasteiger partial charge in [-0.1, -0.05) is 11.6 Å². The molecule has 0 aliphatic heterocycles. The summed E-state index contributed by atoms with van der Waals surface area (Å²) in [6.45, 7) is 1.37. The summed E-state index contributed by atoms with van der Waals surface area (Å²) in [4.78, 5) is 17.6. The SMILES string of the molecule is CC(Oc1cnc(Cl)nc1Cl)C(=O)O. The molecule has 1 rings (SSSR count). The van der Waals surface area contributed by atoms with E-state index in [-0.39, 0.29) is 16.2 Å². The number of ether oxygens (including phenoxy) is 1. The van der Waals surface area contributed by atoms with Crippen molar-refractivity contribution in [2.75, 3.05) is 0 Å². The highest BCUT2D eigenvalue weighted by atomic mass is 35.5. The van der Waals surface area contributed by atoms with Crippen molar-refractivity contribution in [2.24, 2.45) is 0 Å². The summed E-state index contributed by atoms with van der Waals surface area (Å²) in [5, 5.41) is 8.52. The Kier molecular flexibility index (Phi) is 3.49. The summed E-state index contributed by atoms with van der Waals surface area (Å²) < 4.78 is 4.95. The molecule has 1 N–H and O–H groups in total. The number of carboxylic acid groups (broad SMARTS) is 1. The van der Waals surface area contributed by atoms with Gasteiger partial charge in [0, 0.05) is 0 Å². The first-order valence-corrected chi connectivity index (χ1v) is 4.34. The Morgan fingerprint density at radius 2 is 2.29 bits per heavy atom. The first-order chi connectivity index (χ1) is 6.50. The van der Waals surface area contributed by atoms with E-state index < -0.39 is 12.1 Å². The van der Waals surface area contributed by atoms with Crippen LogP contribution < -0.4 is 4.74 Å². The molecule has 14 heavy (non-hydrogen) atoms.